The molecular formula is C16H31NO2. The van der Waals surface area contributed by atoms with Crippen LogP contribution in [-0.4, -0.2) is 45.9 Å². The van der Waals surface area contributed by atoms with Crippen LogP contribution in [0.5, 0.6) is 0 Å². The fourth-order valence-electron chi connectivity index (χ4n) is 3.97. The van der Waals surface area contributed by atoms with Gasteiger partial charge in [-0.25, -0.2) is 0 Å². The second-order valence-corrected chi connectivity index (χ2v) is 6.63. The molecule has 0 radical (unpaired) electrons. The summed E-state index contributed by atoms with van der Waals surface area (Å²) in [6.45, 7) is 6.03. The van der Waals surface area contributed by atoms with E-state index in [-0.39, 0.29) is 6.10 Å². The van der Waals surface area contributed by atoms with Gasteiger partial charge in [0.15, 0.2) is 0 Å². The summed E-state index contributed by atoms with van der Waals surface area (Å²) in [5, 5.41) is 20.8. The first-order valence-electron chi connectivity index (χ1n) is 8.24. The Balaban J connectivity index is 2.00. The third-order valence-corrected chi connectivity index (χ3v) is 5.50. The van der Waals surface area contributed by atoms with Gasteiger partial charge in [0.1, 0.15) is 0 Å². The molecule has 2 N–H and O–H groups in total. The number of hydrogen-bond donors (Lipinski definition) is 2. The Kier molecular flexibility index (Phi) is 5.27. The van der Waals surface area contributed by atoms with Crippen molar-refractivity contribution in [1.29, 1.82) is 0 Å². The summed E-state index contributed by atoms with van der Waals surface area (Å²) < 4.78 is 0. The molecule has 0 amide bonds. The average Bonchev–Trinajstić information content (AvgIpc) is 2.87. The van der Waals surface area contributed by atoms with Crippen molar-refractivity contribution in [3.05, 3.63) is 0 Å². The van der Waals surface area contributed by atoms with E-state index in [0.29, 0.717) is 12.0 Å². The quantitative estimate of drug-likeness (QED) is 0.806. The van der Waals surface area contributed by atoms with Crippen LogP contribution in [0.4, 0.5) is 0 Å². The van der Waals surface area contributed by atoms with Gasteiger partial charge in [0.2, 0.25) is 0 Å². The zero-order chi connectivity index (χ0) is 13.9. The van der Waals surface area contributed by atoms with Crippen molar-refractivity contribution in [2.24, 2.45) is 5.92 Å². The number of rotatable bonds is 5. The maximum Gasteiger partial charge on any atom is 0.0769 e. The maximum absolute atomic E-state index is 10.6. The Hall–Kier alpha value is -0.120. The molecule has 1 saturated carbocycles. The molecular weight excluding hydrogens is 238 g/mol. The van der Waals surface area contributed by atoms with E-state index in [0.717, 1.165) is 32.4 Å². The predicted molar refractivity (Wildman–Crippen MR) is 78.1 cm³/mol. The Morgan fingerprint density at radius 1 is 1.05 bits per heavy atom. The molecule has 0 aromatic heterocycles. The monoisotopic (exact) mass is 269 g/mol. The minimum Gasteiger partial charge on any atom is -0.393 e. The summed E-state index contributed by atoms with van der Waals surface area (Å²) in [5.74, 6) is 0.439. The lowest BCUT2D eigenvalue weighted by Crippen LogP contribution is -2.49. The van der Waals surface area contributed by atoms with Crippen LogP contribution in [0.2, 0.25) is 0 Å². The number of β-amino-alcohol motifs (C(OH)–C–C–N with tert-alkyl or cyclic N) is 1. The van der Waals surface area contributed by atoms with Crippen LogP contribution >= 0.6 is 0 Å². The highest BCUT2D eigenvalue weighted by Crippen LogP contribution is 2.35. The largest absolute Gasteiger partial charge is 0.393 e. The van der Waals surface area contributed by atoms with Crippen molar-refractivity contribution in [3.63, 3.8) is 0 Å². The van der Waals surface area contributed by atoms with E-state index in [1.807, 2.05) is 0 Å². The minimum atomic E-state index is -0.539. The molecule has 1 saturated heterocycles. The van der Waals surface area contributed by atoms with E-state index in [4.69, 9.17) is 0 Å². The molecule has 3 heteroatoms. The molecule has 19 heavy (non-hydrogen) atoms. The summed E-state index contributed by atoms with van der Waals surface area (Å²) in [6, 6.07) is 0.500. The summed E-state index contributed by atoms with van der Waals surface area (Å²) in [7, 11) is 0. The van der Waals surface area contributed by atoms with E-state index >= 15 is 0 Å². The number of aliphatic hydroxyl groups is 2. The molecule has 2 aliphatic rings. The van der Waals surface area contributed by atoms with Crippen LogP contribution in [0, 0.1) is 5.92 Å². The van der Waals surface area contributed by atoms with Crippen molar-refractivity contribution < 1.29 is 10.2 Å². The Labute approximate surface area is 118 Å². The summed E-state index contributed by atoms with van der Waals surface area (Å²) >= 11 is 0. The second-order valence-electron chi connectivity index (χ2n) is 6.63. The van der Waals surface area contributed by atoms with Gasteiger partial charge in [0, 0.05) is 18.5 Å². The fraction of sp³-hybridized carbons (Fsp3) is 1.00. The fourth-order valence-corrected chi connectivity index (χ4v) is 3.97. The van der Waals surface area contributed by atoms with Gasteiger partial charge in [0.05, 0.1) is 11.7 Å². The van der Waals surface area contributed by atoms with Gasteiger partial charge in [-0.3, -0.25) is 4.90 Å². The van der Waals surface area contributed by atoms with Gasteiger partial charge < -0.3 is 10.2 Å². The van der Waals surface area contributed by atoms with Crippen molar-refractivity contribution in [2.75, 3.05) is 13.1 Å². The highest BCUT2D eigenvalue weighted by molar-refractivity contribution is 4.93. The molecule has 2 fully saturated rings. The van der Waals surface area contributed by atoms with E-state index in [2.05, 4.69) is 18.7 Å². The molecule has 1 heterocycles. The maximum atomic E-state index is 10.6. The highest BCUT2D eigenvalue weighted by atomic mass is 16.3. The number of likely N-dealkylation sites (tertiary alicyclic amines) is 1. The normalized spacial score (nSPS) is 33.8. The Morgan fingerprint density at radius 2 is 1.74 bits per heavy atom. The van der Waals surface area contributed by atoms with E-state index in [1.165, 1.54) is 32.1 Å². The topological polar surface area (TPSA) is 43.7 Å². The standard InChI is InChI=1S/C16H31NO2/c1-3-16(19,4-2)12-17-11-7-9-14(17)13-8-5-6-10-15(13)18/h13-15,18-19H,3-12H2,1-2H3. The first-order valence-corrected chi connectivity index (χ1v) is 8.24. The van der Waals surface area contributed by atoms with E-state index in [1.54, 1.807) is 0 Å². The van der Waals surface area contributed by atoms with Crippen LogP contribution in [0.25, 0.3) is 0 Å². The molecule has 0 bridgehead atoms. The van der Waals surface area contributed by atoms with Crippen LogP contribution in [0.3, 0.4) is 0 Å². The molecule has 0 spiro atoms. The summed E-state index contributed by atoms with van der Waals surface area (Å²) in [4.78, 5) is 2.46. The summed E-state index contributed by atoms with van der Waals surface area (Å²) in [5.41, 5.74) is -0.539. The molecule has 112 valence electrons. The van der Waals surface area contributed by atoms with Crippen LogP contribution < -0.4 is 0 Å². The van der Waals surface area contributed by atoms with Crippen molar-refractivity contribution >= 4 is 0 Å². The molecule has 0 aromatic carbocycles. The lowest BCUT2D eigenvalue weighted by Gasteiger charge is -2.40. The lowest BCUT2D eigenvalue weighted by atomic mass is 9.80. The first kappa shape index (κ1) is 15.3. The number of aliphatic hydroxyl groups excluding tert-OH is 1. The van der Waals surface area contributed by atoms with Gasteiger partial charge >= 0.3 is 0 Å². The van der Waals surface area contributed by atoms with Gasteiger partial charge in [-0.05, 0) is 45.1 Å². The van der Waals surface area contributed by atoms with Crippen molar-refractivity contribution in [1.82, 2.24) is 4.90 Å². The average molecular weight is 269 g/mol. The summed E-state index contributed by atoms with van der Waals surface area (Å²) in [6.07, 6.45) is 8.52. The molecule has 0 aromatic rings. The second kappa shape index (κ2) is 6.55. The van der Waals surface area contributed by atoms with Crippen LogP contribution in [-0.2, 0) is 0 Å². The lowest BCUT2D eigenvalue weighted by molar-refractivity contribution is -0.0324. The minimum absolute atomic E-state index is 0.115. The Morgan fingerprint density at radius 3 is 2.37 bits per heavy atom. The first-order chi connectivity index (χ1) is 9.09. The predicted octanol–water partition coefficient (Wildman–Crippen LogP) is 2.55. The molecule has 2 rings (SSSR count). The molecule has 1 aliphatic carbocycles. The molecule has 3 nitrogen and oxygen atoms in total. The number of nitrogens with zero attached hydrogens (tertiary/aromatic N) is 1. The van der Waals surface area contributed by atoms with Gasteiger partial charge in [-0.1, -0.05) is 26.7 Å². The third-order valence-electron chi connectivity index (χ3n) is 5.50. The zero-order valence-corrected chi connectivity index (χ0v) is 12.6. The smallest absolute Gasteiger partial charge is 0.0769 e. The van der Waals surface area contributed by atoms with Crippen LogP contribution in [0.15, 0.2) is 0 Å². The van der Waals surface area contributed by atoms with Gasteiger partial charge in [-0.2, -0.15) is 0 Å². The Bertz CT molecular complexity index is 278. The zero-order valence-electron chi connectivity index (χ0n) is 12.6. The van der Waals surface area contributed by atoms with E-state index in [9.17, 15) is 10.2 Å². The van der Waals surface area contributed by atoms with Crippen molar-refractivity contribution in [3.8, 4) is 0 Å². The van der Waals surface area contributed by atoms with Crippen LogP contribution in [0.1, 0.15) is 65.2 Å². The number of hydrogen-bond acceptors (Lipinski definition) is 3. The van der Waals surface area contributed by atoms with Crippen molar-refractivity contribution in [2.45, 2.75) is 83.0 Å². The third kappa shape index (κ3) is 3.50. The highest BCUT2D eigenvalue weighted by Gasteiger charge is 2.39. The van der Waals surface area contributed by atoms with E-state index < -0.39 is 5.60 Å². The SMILES string of the molecule is CCC(O)(CC)CN1CCCC1C1CCCCC1O. The molecule has 1 aliphatic heterocycles. The van der Waals surface area contributed by atoms with Gasteiger partial charge in [0.25, 0.3) is 0 Å². The molecule has 3 atom stereocenters. The molecule has 3 unspecified atom stereocenters. The van der Waals surface area contributed by atoms with Gasteiger partial charge in [-0.15, -0.1) is 0 Å².